The third kappa shape index (κ3) is 2.11. The van der Waals surface area contributed by atoms with Gasteiger partial charge in [0.25, 0.3) is 0 Å². The molecule has 1 spiro atoms. The molecular formula is C14H26N4. The van der Waals surface area contributed by atoms with Crippen LogP contribution in [0.4, 0.5) is 0 Å². The molecule has 2 aliphatic heterocycles. The van der Waals surface area contributed by atoms with Crippen molar-refractivity contribution in [3.63, 3.8) is 0 Å². The summed E-state index contributed by atoms with van der Waals surface area (Å²) in [5.41, 5.74) is 6.38. The van der Waals surface area contributed by atoms with E-state index < -0.39 is 0 Å². The molecule has 0 radical (unpaired) electrons. The molecular weight excluding hydrogens is 224 g/mol. The summed E-state index contributed by atoms with van der Waals surface area (Å²) in [7, 11) is 0. The lowest BCUT2D eigenvalue weighted by molar-refractivity contribution is 0.0678. The largest absolute Gasteiger partial charge is 0.370 e. The molecule has 2 heterocycles. The predicted molar refractivity (Wildman–Crippen MR) is 74.6 cm³/mol. The Balaban J connectivity index is 1.67. The fraction of sp³-hybridized carbons (Fsp3) is 0.929. The first-order chi connectivity index (χ1) is 8.61. The van der Waals surface area contributed by atoms with Crippen LogP contribution in [0.2, 0.25) is 0 Å². The topological polar surface area (TPSA) is 44.9 Å². The molecule has 0 unspecified atom stereocenters. The van der Waals surface area contributed by atoms with Gasteiger partial charge in [-0.15, -0.1) is 0 Å². The molecule has 0 aromatic heterocycles. The monoisotopic (exact) mass is 250 g/mol. The van der Waals surface area contributed by atoms with Crippen molar-refractivity contribution in [3.05, 3.63) is 0 Å². The predicted octanol–water partition coefficient (Wildman–Crippen LogP) is 1.27. The summed E-state index contributed by atoms with van der Waals surface area (Å²) in [4.78, 5) is 9.57. The molecule has 0 aromatic carbocycles. The van der Waals surface area contributed by atoms with Crippen molar-refractivity contribution in [1.82, 2.24) is 9.80 Å². The van der Waals surface area contributed by atoms with Gasteiger partial charge in [-0.2, -0.15) is 0 Å². The Morgan fingerprint density at radius 3 is 2.56 bits per heavy atom. The number of piperidine rings is 1. The molecule has 4 heteroatoms. The quantitative estimate of drug-likeness (QED) is 0.820. The maximum Gasteiger partial charge on any atom is 0.191 e. The Morgan fingerprint density at radius 1 is 1.33 bits per heavy atom. The van der Waals surface area contributed by atoms with E-state index >= 15 is 0 Å². The highest BCUT2D eigenvalue weighted by molar-refractivity contribution is 5.81. The summed E-state index contributed by atoms with van der Waals surface area (Å²) in [6, 6.07) is 0.666. The molecule has 0 aromatic rings. The van der Waals surface area contributed by atoms with Crippen molar-refractivity contribution < 1.29 is 0 Å². The summed E-state index contributed by atoms with van der Waals surface area (Å²) in [5.74, 6) is 1.69. The van der Waals surface area contributed by atoms with E-state index in [1.165, 1.54) is 38.8 Å². The number of guanidine groups is 1. The zero-order valence-corrected chi connectivity index (χ0v) is 11.7. The van der Waals surface area contributed by atoms with Crippen molar-refractivity contribution in [3.8, 4) is 0 Å². The molecule has 102 valence electrons. The average Bonchev–Trinajstić information content (AvgIpc) is 3.12. The van der Waals surface area contributed by atoms with E-state index in [0.29, 0.717) is 6.04 Å². The van der Waals surface area contributed by atoms with E-state index in [1.807, 2.05) is 0 Å². The van der Waals surface area contributed by atoms with Gasteiger partial charge in [0.05, 0.1) is 12.1 Å². The smallest absolute Gasteiger partial charge is 0.191 e. The Hall–Kier alpha value is -0.770. The fourth-order valence-corrected chi connectivity index (χ4v) is 3.37. The molecule has 0 bridgehead atoms. The molecule has 1 saturated carbocycles. The van der Waals surface area contributed by atoms with Crippen LogP contribution >= 0.6 is 0 Å². The third-order valence-electron chi connectivity index (χ3n) is 4.98. The number of nitrogens with two attached hydrogens (primary N) is 1. The summed E-state index contributed by atoms with van der Waals surface area (Å²) in [6.45, 7) is 9.05. The highest BCUT2D eigenvalue weighted by Crippen LogP contribution is 2.38. The minimum atomic E-state index is 0.262. The number of aliphatic imine (C=N–C) groups is 1. The van der Waals surface area contributed by atoms with Gasteiger partial charge in [-0.25, -0.2) is 0 Å². The Bertz CT molecular complexity index is 338. The lowest BCUT2D eigenvalue weighted by atomic mass is 9.86. The average molecular weight is 250 g/mol. The summed E-state index contributed by atoms with van der Waals surface area (Å²) in [5, 5.41) is 0. The second-order valence-corrected chi connectivity index (χ2v) is 6.58. The van der Waals surface area contributed by atoms with Crippen LogP contribution in [-0.4, -0.2) is 53.5 Å². The summed E-state index contributed by atoms with van der Waals surface area (Å²) >= 11 is 0. The van der Waals surface area contributed by atoms with Gasteiger partial charge in [-0.05, 0) is 45.4 Å². The minimum absolute atomic E-state index is 0.262. The molecule has 0 amide bonds. The maximum absolute atomic E-state index is 6.12. The fourth-order valence-electron chi connectivity index (χ4n) is 3.37. The minimum Gasteiger partial charge on any atom is -0.370 e. The van der Waals surface area contributed by atoms with Crippen molar-refractivity contribution >= 4 is 5.96 Å². The number of nitrogens with zero attached hydrogens (tertiary/aromatic N) is 3. The van der Waals surface area contributed by atoms with Gasteiger partial charge in [0.2, 0.25) is 0 Å². The van der Waals surface area contributed by atoms with E-state index in [0.717, 1.165) is 25.0 Å². The van der Waals surface area contributed by atoms with Gasteiger partial charge in [-0.1, -0.05) is 0 Å². The van der Waals surface area contributed by atoms with Crippen molar-refractivity contribution in [2.24, 2.45) is 16.6 Å². The van der Waals surface area contributed by atoms with Gasteiger partial charge in [0, 0.05) is 25.7 Å². The first-order valence-electron chi connectivity index (χ1n) is 7.42. The number of hydrogen-bond acceptors (Lipinski definition) is 4. The van der Waals surface area contributed by atoms with Gasteiger partial charge in [0.1, 0.15) is 0 Å². The first kappa shape index (κ1) is 12.3. The van der Waals surface area contributed by atoms with Crippen LogP contribution in [0, 0.1) is 5.92 Å². The van der Waals surface area contributed by atoms with E-state index in [-0.39, 0.29) is 5.54 Å². The van der Waals surface area contributed by atoms with Crippen LogP contribution < -0.4 is 5.73 Å². The highest BCUT2D eigenvalue weighted by atomic mass is 15.4. The van der Waals surface area contributed by atoms with Crippen LogP contribution in [-0.2, 0) is 0 Å². The molecule has 3 aliphatic rings. The molecule has 1 saturated heterocycles. The third-order valence-corrected chi connectivity index (χ3v) is 4.98. The zero-order valence-electron chi connectivity index (χ0n) is 11.7. The maximum atomic E-state index is 6.12. The molecule has 18 heavy (non-hydrogen) atoms. The van der Waals surface area contributed by atoms with Gasteiger partial charge in [0.15, 0.2) is 5.96 Å². The molecule has 2 fully saturated rings. The first-order valence-corrected chi connectivity index (χ1v) is 7.42. The van der Waals surface area contributed by atoms with E-state index in [4.69, 9.17) is 5.73 Å². The summed E-state index contributed by atoms with van der Waals surface area (Å²) in [6.07, 6.45) is 5.22. The van der Waals surface area contributed by atoms with Crippen LogP contribution in [0.15, 0.2) is 4.99 Å². The Morgan fingerprint density at radius 2 is 2.00 bits per heavy atom. The summed E-state index contributed by atoms with van der Waals surface area (Å²) < 4.78 is 0. The van der Waals surface area contributed by atoms with E-state index in [2.05, 4.69) is 28.6 Å². The normalized spacial score (nSPS) is 28.2. The van der Waals surface area contributed by atoms with Crippen LogP contribution in [0.3, 0.4) is 0 Å². The van der Waals surface area contributed by atoms with Gasteiger partial charge >= 0.3 is 0 Å². The van der Waals surface area contributed by atoms with Crippen LogP contribution in [0.25, 0.3) is 0 Å². The Labute approximate surface area is 110 Å². The molecule has 2 N–H and O–H groups in total. The SMILES string of the molecule is CC(C)N1CCC2(CC1)CN=C(N)N2CC1CC1. The second-order valence-electron chi connectivity index (χ2n) is 6.58. The van der Waals surface area contributed by atoms with Crippen molar-refractivity contribution in [2.75, 3.05) is 26.2 Å². The highest BCUT2D eigenvalue weighted by Gasteiger charge is 2.46. The van der Waals surface area contributed by atoms with Crippen LogP contribution in [0.1, 0.15) is 39.5 Å². The van der Waals surface area contributed by atoms with Crippen molar-refractivity contribution in [2.45, 2.75) is 51.1 Å². The van der Waals surface area contributed by atoms with E-state index in [1.54, 1.807) is 0 Å². The van der Waals surface area contributed by atoms with Gasteiger partial charge < -0.3 is 15.5 Å². The van der Waals surface area contributed by atoms with Crippen molar-refractivity contribution in [1.29, 1.82) is 0 Å². The standard InChI is InChI=1S/C14H26N4/c1-11(2)17-7-5-14(6-8-17)10-16-13(15)18(14)9-12-3-4-12/h11-12H,3-10H2,1-2H3,(H2,15,16). The van der Waals surface area contributed by atoms with Crippen LogP contribution in [0.5, 0.6) is 0 Å². The molecule has 4 nitrogen and oxygen atoms in total. The lowest BCUT2D eigenvalue weighted by Crippen LogP contribution is -2.58. The molecule has 3 rings (SSSR count). The second kappa shape index (κ2) is 4.41. The Kier molecular flexibility index (Phi) is 3.00. The van der Waals surface area contributed by atoms with E-state index in [9.17, 15) is 0 Å². The number of likely N-dealkylation sites (tertiary alicyclic amines) is 1. The van der Waals surface area contributed by atoms with Gasteiger partial charge in [-0.3, -0.25) is 4.99 Å². The number of rotatable bonds is 3. The zero-order chi connectivity index (χ0) is 12.8. The lowest BCUT2D eigenvalue weighted by Gasteiger charge is -2.46. The molecule has 1 aliphatic carbocycles. The molecule has 0 atom stereocenters. The number of hydrogen-bond donors (Lipinski definition) is 1.